The third-order valence-corrected chi connectivity index (χ3v) is 4.74. The van der Waals surface area contributed by atoms with Gasteiger partial charge < -0.3 is 4.74 Å². The molecule has 0 atom stereocenters. The Kier molecular flexibility index (Phi) is 5.30. The minimum Gasteiger partial charge on any atom is -0.466 e. The van der Waals surface area contributed by atoms with Gasteiger partial charge >= 0.3 is 5.97 Å². The van der Waals surface area contributed by atoms with Crippen molar-refractivity contribution in [3.63, 3.8) is 0 Å². The van der Waals surface area contributed by atoms with E-state index >= 15 is 0 Å². The van der Waals surface area contributed by atoms with Crippen LogP contribution in [0.3, 0.4) is 0 Å². The predicted molar refractivity (Wildman–Crippen MR) is 93.8 cm³/mol. The van der Waals surface area contributed by atoms with Gasteiger partial charge in [0.2, 0.25) is 0 Å². The molecule has 0 amide bonds. The summed E-state index contributed by atoms with van der Waals surface area (Å²) in [4.78, 5) is 30.8. The highest BCUT2D eigenvalue weighted by atomic mass is 79.9. The summed E-state index contributed by atoms with van der Waals surface area (Å²) >= 11 is 3.36. The number of esters is 1. The summed E-state index contributed by atoms with van der Waals surface area (Å²) in [6.45, 7) is 4.50. The fraction of sp³-hybridized carbons (Fsp3) is 0.471. The zero-order valence-corrected chi connectivity index (χ0v) is 15.2. The minimum atomic E-state index is -0.0928. The molecule has 0 aliphatic carbocycles. The number of rotatable bonds is 4. The van der Waals surface area contributed by atoms with Crippen LogP contribution in [-0.2, 0) is 16.1 Å². The molecule has 0 spiro atoms. The molecule has 1 saturated heterocycles. The highest BCUT2D eigenvalue weighted by Crippen LogP contribution is 2.20. The van der Waals surface area contributed by atoms with E-state index in [0.29, 0.717) is 18.8 Å². The number of fused-ring (bicyclic) bond motifs is 1. The van der Waals surface area contributed by atoms with E-state index in [1.807, 2.05) is 19.1 Å². The van der Waals surface area contributed by atoms with Crippen LogP contribution in [0.1, 0.15) is 25.5 Å². The van der Waals surface area contributed by atoms with E-state index in [1.165, 1.54) is 4.40 Å². The van der Waals surface area contributed by atoms with Crippen molar-refractivity contribution in [2.45, 2.75) is 26.3 Å². The van der Waals surface area contributed by atoms with Crippen LogP contribution >= 0.6 is 15.9 Å². The molecule has 0 N–H and O–H groups in total. The van der Waals surface area contributed by atoms with Crippen LogP contribution in [-0.4, -0.2) is 40.0 Å². The van der Waals surface area contributed by atoms with Gasteiger partial charge in [-0.3, -0.25) is 18.9 Å². The second-order valence-corrected chi connectivity index (χ2v) is 6.88. The molecule has 2 aromatic rings. The number of hydrogen-bond donors (Lipinski definition) is 0. The van der Waals surface area contributed by atoms with Crippen LogP contribution in [0.4, 0.5) is 0 Å². The van der Waals surface area contributed by atoms with Crippen LogP contribution in [0.25, 0.3) is 5.65 Å². The lowest BCUT2D eigenvalue weighted by Gasteiger charge is -2.30. The maximum atomic E-state index is 12.2. The van der Waals surface area contributed by atoms with Gasteiger partial charge in [-0.05, 0) is 60.9 Å². The summed E-state index contributed by atoms with van der Waals surface area (Å²) in [6, 6.07) is 5.27. The zero-order valence-electron chi connectivity index (χ0n) is 13.6. The first-order valence-electron chi connectivity index (χ1n) is 8.13. The molecule has 1 aliphatic heterocycles. The van der Waals surface area contributed by atoms with Gasteiger partial charge in [-0.2, -0.15) is 0 Å². The predicted octanol–water partition coefficient (Wildman–Crippen LogP) is 2.23. The van der Waals surface area contributed by atoms with Crippen molar-refractivity contribution < 1.29 is 9.53 Å². The number of halogens is 1. The number of pyridine rings is 1. The molecule has 24 heavy (non-hydrogen) atoms. The van der Waals surface area contributed by atoms with E-state index < -0.39 is 0 Å². The van der Waals surface area contributed by atoms with Crippen molar-refractivity contribution in [1.29, 1.82) is 0 Å². The maximum Gasteiger partial charge on any atom is 0.309 e. The lowest BCUT2D eigenvalue weighted by atomic mass is 9.97. The summed E-state index contributed by atoms with van der Waals surface area (Å²) in [5.41, 5.74) is 1.32. The normalized spacial score (nSPS) is 16.4. The number of carbonyl (C=O) groups is 1. The van der Waals surface area contributed by atoms with Crippen LogP contribution in [0.15, 0.2) is 33.7 Å². The van der Waals surface area contributed by atoms with Gasteiger partial charge in [0.15, 0.2) is 0 Å². The Morgan fingerprint density at radius 1 is 1.38 bits per heavy atom. The standard InChI is InChI=1S/C17H20BrN3O3/c1-2-24-17(23)12-5-7-20(8-6-12)11-14-9-16(22)21-10-13(18)3-4-15(21)19-14/h3-4,9-10,12H,2,5-8,11H2,1H3. The second-order valence-electron chi connectivity index (χ2n) is 5.96. The summed E-state index contributed by atoms with van der Waals surface area (Å²) in [7, 11) is 0. The van der Waals surface area contributed by atoms with Gasteiger partial charge in [0.25, 0.3) is 5.56 Å². The maximum absolute atomic E-state index is 12.2. The van der Waals surface area contributed by atoms with E-state index in [2.05, 4.69) is 25.8 Å². The quantitative estimate of drug-likeness (QED) is 0.745. The largest absolute Gasteiger partial charge is 0.466 e. The Labute approximate surface area is 148 Å². The number of hydrogen-bond acceptors (Lipinski definition) is 5. The van der Waals surface area contributed by atoms with Crippen molar-refractivity contribution in [3.8, 4) is 0 Å². The second kappa shape index (κ2) is 7.44. The molecule has 3 heterocycles. The third-order valence-electron chi connectivity index (χ3n) is 4.27. The molecular formula is C17H20BrN3O3. The smallest absolute Gasteiger partial charge is 0.309 e. The lowest BCUT2D eigenvalue weighted by Crippen LogP contribution is -2.37. The summed E-state index contributed by atoms with van der Waals surface area (Å²) < 4.78 is 7.46. The number of carbonyl (C=O) groups excluding carboxylic acids is 1. The summed E-state index contributed by atoms with van der Waals surface area (Å²) in [5.74, 6) is -0.0986. The highest BCUT2D eigenvalue weighted by Gasteiger charge is 2.26. The highest BCUT2D eigenvalue weighted by molar-refractivity contribution is 9.10. The Bertz CT molecular complexity index is 797. The minimum absolute atomic E-state index is 0.00580. The van der Waals surface area contributed by atoms with E-state index in [1.54, 1.807) is 12.3 Å². The average molecular weight is 394 g/mol. The van der Waals surface area contributed by atoms with Crippen LogP contribution in [0.2, 0.25) is 0 Å². The fourth-order valence-electron chi connectivity index (χ4n) is 3.02. The number of ether oxygens (including phenoxy) is 1. The lowest BCUT2D eigenvalue weighted by molar-refractivity contribution is -0.149. The zero-order chi connectivity index (χ0) is 17.1. The van der Waals surface area contributed by atoms with Gasteiger partial charge in [-0.15, -0.1) is 0 Å². The number of aromatic nitrogens is 2. The van der Waals surface area contributed by atoms with E-state index in [-0.39, 0.29) is 17.4 Å². The van der Waals surface area contributed by atoms with Crippen LogP contribution in [0.5, 0.6) is 0 Å². The van der Waals surface area contributed by atoms with Gasteiger partial charge in [0.05, 0.1) is 18.2 Å². The van der Waals surface area contributed by atoms with Crippen LogP contribution < -0.4 is 5.56 Å². The van der Waals surface area contributed by atoms with Crippen molar-refractivity contribution in [2.75, 3.05) is 19.7 Å². The molecule has 0 radical (unpaired) electrons. The van der Waals surface area contributed by atoms with Crippen molar-refractivity contribution >= 4 is 27.5 Å². The topological polar surface area (TPSA) is 63.9 Å². The molecule has 6 nitrogen and oxygen atoms in total. The van der Waals surface area contributed by atoms with Gasteiger partial charge in [-0.25, -0.2) is 4.98 Å². The summed E-state index contributed by atoms with van der Waals surface area (Å²) in [6.07, 6.45) is 3.30. The fourth-order valence-corrected chi connectivity index (χ4v) is 3.36. The molecule has 1 aliphatic rings. The van der Waals surface area contributed by atoms with E-state index in [4.69, 9.17) is 4.74 Å². The van der Waals surface area contributed by atoms with E-state index in [9.17, 15) is 9.59 Å². The third kappa shape index (κ3) is 3.84. The van der Waals surface area contributed by atoms with Gasteiger partial charge in [0.1, 0.15) is 5.65 Å². The average Bonchev–Trinajstić information content (AvgIpc) is 2.56. The van der Waals surface area contributed by atoms with Crippen molar-refractivity contribution in [2.24, 2.45) is 5.92 Å². The van der Waals surface area contributed by atoms with E-state index in [0.717, 1.165) is 36.1 Å². The van der Waals surface area contributed by atoms with Crippen molar-refractivity contribution in [3.05, 3.63) is 44.9 Å². The van der Waals surface area contributed by atoms with Gasteiger partial charge in [-0.1, -0.05) is 0 Å². The molecule has 0 bridgehead atoms. The Morgan fingerprint density at radius 3 is 2.83 bits per heavy atom. The molecule has 0 unspecified atom stereocenters. The molecule has 1 fully saturated rings. The molecule has 7 heteroatoms. The first-order valence-corrected chi connectivity index (χ1v) is 8.93. The molecule has 0 saturated carbocycles. The monoisotopic (exact) mass is 393 g/mol. The molecule has 128 valence electrons. The Hall–Kier alpha value is -1.73. The summed E-state index contributed by atoms with van der Waals surface area (Å²) in [5, 5.41) is 0. The molecule has 3 rings (SSSR count). The number of likely N-dealkylation sites (tertiary alicyclic amines) is 1. The first kappa shape index (κ1) is 17.1. The Balaban J connectivity index is 1.67. The Morgan fingerprint density at radius 2 is 2.12 bits per heavy atom. The SMILES string of the molecule is CCOC(=O)C1CCN(Cc2cc(=O)n3cc(Br)ccc3n2)CC1. The van der Waals surface area contributed by atoms with Crippen LogP contribution in [0, 0.1) is 5.92 Å². The molecule has 2 aromatic heterocycles. The number of piperidine rings is 1. The van der Waals surface area contributed by atoms with Crippen molar-refractivity contribution in [1.82, 2.24) is 14.3 Å². The molecular weight excluding hydrogens is 374 g/mol. The molecule has 0 aromatic carbocycles. The van der Waals surface area contributed by atoms with Gasteiger partial charge in [0, 0.05) is 23.3 Å². The number of nitrogens with zero attached hydrogens (tertiary/aromatic N) is 3. The first-order chi connectivity index (χ1) is 11.6.